The molecular formula is C22H28N2. The maximum atomic E-state index is 3.29. The minimum Gasteiger partial charge on any atom is -0.309 e. The van der Waals surface area contributed by atoms with Crippen LogP contribution in [0.5, 0.6) is 0 Å². The van der Waals surface area contributed by atoms with E-state index in [9.17, 15) is 0 Å². The Morgan fingerprint density at radius 2 is 1.17 bits per heavy atom. The van der Waals surface area contributed by atoms with Crippen molar-refractivity contribution in [3.63, 3.8) is 0 Å². The van der Waals surface area contributed by atoms with Gasteiger partial charge in [-0.15, -0.1) is 0 Å². The molecule has 1 N–H and O–H groups in total. The third-order valence-corrected chi connectivity index (χ3v) is 5.71. The van der Waals surface area contributed by atoms with Crippen LogP contribution in [0.1, 0.15) is 54.4 Å². The van der Waals surface area contributed by atoms with Crippen LogP contribution >= 0.6 is 0 Å². The van der Waals surface area contributed by atoms with Gasteiger partial charge in [-0.2, -0.15) is 0 Å². The van der Waals surface area contributed by atoms with Gasteiger partial charge in [-0.25, -0.2) is 0 Å². The van der Waals surface area contributed by atoms with E-state index in [4.69, 9.17) is 0 Å². The van der Waals surface area contributed by atoms with Gasteiger partial charge in [0.25, 0.3) is 0 Å². The zero-order chi connectivity index (χ0) is 16.2. The molecule has 0 saturated heterocycles. The predicted molar refractivity (Wildman–Crippen MR) is 99.5 cm³/mol. The fourth-order valence-corrected chi connectivity index (χ4v) is 4.30. The first kappa shape index (κ1) is 15.9. The van der Waals surface area contributed by atoms with Crippen LogP contribution in [-0.4, -0.2) is 10.9 Å². The summed E-state index contributed by atoms with van der Waals surface area (Å²) < 4.78 is 0. The standard InChI is InChI=1S/C14H19N.C8H9N/c1-2-8-14(9-3-1)15-10-12-6-4-5-7-13(12)11-15;1-2-4-8-6-9-5-7(8)3-1/h4-7,14H,1-3,8-11H2;1-4,9H,5-6H2. The summed E-state index contributed by atoms with van der Waals surface area (Å²) >= 11 is 0. The third-order valence-electron chi connectivity index (χ3n) is 5.71. The molecule has 24 heavy (non-hydrogen) atoms. The van der Waals surface area contributed by atoms with Crippen LogP contribution in [0, 0.1) is 0 Å². The van der Waals surface area contributed by atoms with Crippen LogP contribution in [0.2, 0.25) is 0 Å². The Bertz CT molecular complexity index is 625. The molecular weight excluding hydrogens is 292 g/mol. The van der Waals surface area contributed by atoms with Gasteiger partial charge in [0.15, 0.2) is 0 Å². The van der Waals surface area contributed by atoms with E-state index in [-0.39, 0.29) is 0 Å². The first-order chi connectivity index (χ1) is 11.9. The number of hydrogen-bond acceptors (Lipinski definition) is 2. The van der Waals surface area contributed by atoms with Crippen molar-refractivity contribution in [3.8, 4) is 0 Å². The van der Waals surface area contributed by atoms with E-state index in [1.807, 2.05) is 0 Å². The Morgan fingerprint density at radius 3 is 1.71 bits per heavy atom. The summed E-state index contributed by atoms with van der Waals surface area (Å²) in [5.41, 5.74) is 6.03. The summed E-state index contributed by atoms with van der Waals surface area (Å²) in [6.45, 7) is 4.49. The van der Waals surface area contributed by atoms with E-state index in [2.05, 4.69) is 58.7 Å². The second-order valence-electron chi connectivity index (χ2n) is 7.34. The highest BCUT2D eigenvalue weighted by molar-refractivity contribution is 5.30. The second-order valence-corrected chi connectivity index (χ2v) is 7.34. The second kappa shape index (κ2) is 7.50. The first-order valence-electron chi connectivity index (χ1n) is 9.48. The zero-order valence-corrected chi connectivity index (χ0v) is 14.5. The number of nitrogens with zero attached hydrogens (tertiary/aromatic N) is 1. The molecule has 126 valence electrons. The number of nitrogens with one attached hydrogen (secondary N) is 1. The van der Waals surface area contributed by atoms with Crippen molar-refractivity contribution in [1.82, 2.24) is 10.2 Å². The van der Waals surface area contributed by atoms with E-state index in [1.165, 1.54) is 56.3 Å². The van der Waals surface area contributed by atoms with Crippen molar-refractivity contribution in [3.05, 3.63) is 70.8 Å². The maximum Gasteiger partial charge on any atom is 0.0243 e. The number of hydrogen-bond donors (Lipinski definition) is 1. The van der Waals surface area contributed by atoms with E-state index in [0.717, 1.165) is 19.1 Å². The molecule has 1 aliphatic carbocycles. The molecule has 1 saturated carbocycles. The monoisotopic (exact) mass is 320 g/mol. The Kier molecular flexibility index (Phi) is 4.96. The van der Waals surface area contributed by atoms with Gasteiger partial charge < -0.3 is 5.32 Å². The number of fused-ring (bicyclic) bond motifs is 2. The molecule has 2 heteroatoms. The molecule has 0 aromatic heterocycles. The lowest BCUT2D eigenvalue weighted by Gasteiger charge is -2.30. The van der Waals surface area contributed by atoms with Crippen molar-refractivity contribution in [1.29, 1.82) is 0 Å². The van der Waals surface area contributed by atoms with E-state index < -0.39 is 0 Å². The van der Waals surface area contributed by atoms with Gasteiger partial charge in [-0.1, -0.05) is 67.8 Å². The highest BCUT2D eigenvalue weighted by atomic mass is 15.2. The van der Waals surface area contributed by atoms with Crippen LogP contribution in [0.15, 0.2) is 48.5 Å². The van der Waals surface area contributed by atoms with Crippen LogP contribution in [0.25, 0.3) is 0 Å². The molecule has 0 radical (unpaired) electrons. The molecule has 0 unspecified atom stereocenters. The van der Waals surface area contributed by atoms with Crippen molar-refractivity contribution < 1.29 is 0 Å². The molecule has 0 spiro atoms. The van der Waals surface area contributed by atoms with Crippen LogP contribution in [0.4, 0.5) is 0 Å². The van der Waals surface area contributed by atoms with Gasteiger partial charge in [0, 0.05) is 32.2 Å². The summed E-state index contributed by atoms with van der Waals surface area (Å²) in [6, 6.07) is 18.3. The van der Waals surface area contributed by atoms with Gasteiger partial charge in [-0.3, -0.25) is 4.90 Å². The van der Waals surface area contributed by atoms with E-state index >= 15 is 0 Å². The first-order valence-corrected chi connectivity index (χ1v) is 9.48. The van der Waals surface area contributed by atoms with Crippen LogP contribution in [0.3, 0.4) is 0 Å². The topological polar surface area (TPSA) is 15.3 Å². The molecule has 1 fully saturated rings. The fourth-order valence-electron chi connectivity index (χ4n) is 4.30. The van der Waals surface area contributed by atoms with Crippen molar-refractivity contribution in [2.45, 2.75) is 64.3 Å². The Morgan fingerprint density at radius 1 is 0.667 bits per heavy atom. The molecule has 0 amide bonds. The molecule has 0 bridgehead atoms. The van der Waals surface area contributed by atoms with Gasteiger partial charge >= 0.3 is 0 Å². The normalized spacial score (nSPS) is 20.2. The lowest BCUT2D eigenvalue weighted by molar-refractivity contribution is 0.156. The lowest BCUT2D eigenvalue weighted by atomic mass is 9.94. The van der Waals surface area contributed by atoms with Crippen LogP contribution < -0.4 is 5.32 Å². The van der Waals surface area contributed by atoms with E-state index in [1.54, 1.807) is 11.1 Å². The lowest BCUT2D eigenvalue weighted by Crippen LogP contribution is -2.32. The summed E-state index contributed by atoms with van der Waals surface area (Å²) in [6.07, 6.45) is 7.19. The van der Waals surface area contributed by atoms with Crippen molar-refractivity contribution >= 4 is 0 Å². The van der Waals surface area contributed by atoms with Gasteiger partial charge in [-0.05, 0) is 35.1 Å². The molecule has 2 heterocycles. The molecule has 2 nitrogen and oxygen atoms in total. The number of benzene rings is 2. The van der Waals surface area contributed by atoms with Crippen molar-refractivity contribution in [2.75, 3.05) is 0 Å². The smallest absolute Gasteiger partial charge is 0.0243 e. The minimum atomic E-state index is 0.867. The van der Waals surface area contributed by atoms with Gasteiger partial charge in [0.1, 0.15) is 0 Å². The zero-order valence-electron chi connectivity index (χ0n) is 14.5. The quantitative estimate of drug-likeness (QED) is 0.824. The third kappa shape index (κ3) is 3.55. The van der Waals surface area contributed by atoms with E-state index in [0.29, 0.717) is 0 Å². The Balaban J connectivity index is 0.000000138. The molecule has 2 aromatic rings. The average Bonchev–Trinajstić information content (AvgIpc) is 3.29. The predicted octanol–water partition coefficient (Wildman–Crippen LogP) is 4.62. The molecule has 5 rings (SSSR count). The summed E-state index contributed by atoms with van der Waals surface area (Å²) in [5, 5.41) is 3.29. The minimum absolute atomic E-state index is 0.867. The SMILES string of the molecule is c1ccc2c(c1)CN(C1CCCCC1)C2.c1ccc2c(c1)CNC2. The molecule has 2 aliphatic heterocycles. The van der Waals surface area contributed by atoms with Gasteiger partial charge in [0.05, 0.1) is 0 Å². The highest BCUT2D eigenvalue weighted by Gasteiger charge is 2.26. The highest BCUT2D eigenvalue weighted by Crippen LogP contribution is 2.30. The van der Waals surface area contributed by atoms with Crippen LogP contribution in [-0.2, 0) is 26.2 Å². The fraction of sp³-hybridized carbons (Fsp3) is 0.455. The Hall–Kier alpha value is -1.64. The number of rotatable bonds is 1. The summed E-state index contributed by atoms with van der Waals surface area (Å²) in [4.78, 5) is 2.68. The largest absolute Gasteiger partial charge is 0.309 e. The van der Waals surface area contributed by atoms with Gasteiger partial charge in [0.2, 0.25) is 0 Å². The average molecular weight is 320 g/mol. The maximum absolute atomic E-state index is 3.29. The Labute approximate surface area is 145 Å². The summed E-state index contributed by atoms with van der Waals surface area (Å²) in [7, 11) is 0. The molecule has 3 aliphatic rings. The molecule has 2 aromatic carbocycles. The van der Waals surface area contributed by atoms with Crippen molar-refractivity contribution in [2.24, 2.45) is 0 Å². The molecule has 0 atom stereocenters. The summed E-state index contributed by atoms with van der Waals surface area (Å²) in [5.74, 6) is 0.